The summed E-state index contributed by atoms with van der Waals surface area (Å²) in [6.07, 6.45) is 9.18. The first-order valence-electron chi connectivity index (χ1n) is 9.46. The van der Waals surface area contributed by atoms with Crippen LogP contribution in [0.1, 0.15) is 41.4 Å². The molecule has 148 valence electrons. The third kappa shape index (κ3) is 6.83. The molecule has 0 aliphatic rings. The Morgan fingerprint density at radius 3 is 2.75 bits per heavy atom. The molecule has 2 aromatic heterocycles. The highest BCUT2D eigenvalue weighted by Crippen LogP contribution is 2.15. The Hall–Kier alpha value is -3.22. The molecule has 0 atom stereocenters. The lowest BCUT2D eigenvalue weighted by Crippen LogP contribution is -2.22. The zero-order chi connectivity index (χ0) is 20.2. The number of rotatable bonds is 10. The molecule has 0 saturated heterocycles. The van der Waals surface area contributed by atoms with E-state index in [0.717, 1.165) is 30.5 Å². The van der Waals surface area contributed by atoms with E-state index < -0.39 is 0 Å². The summed E-state index contributed by atoms with van der Waals surface area (Å²) in [5.41, 5.74) is 2.35. The van der Waals surface area contributed by atoms with Crippen LogP contribution in [0.3, 0.4) is 0 Å². The maximum absolute atomic E-state index is 11.9. The molecule has 0 aliphatic carbocycles. The van der Waals surface area contributed by atoms with Crippen LogP contribution in [0, 0.1) is 0 Å². The monoisotopic (exact) mass is 381 g/mol. The second kappa shape index (κ2) is 11.5. The number of hydrogen-bond donors (Lipinski definition) is 3. The van der Waals surface area contributed by atoms with Crippen molar-refractivity contribution >= 4 is 23.7 Å². The van der Waals surface area contributed by atoms with Crippen molar-refractivity contribution in [3.05, 3.63) is 59.6 Å². The molecule has 0 spiro atoms. The molecular weight excluding hydrogens is 354 g/mol. The van der Waals surface area contributed by atoms with Crippen LogP contribution in [0.4, 0.5) is 5.82 Å². The van der Waals surface area contributed by atoms with Crippen LogP contribution in [0.5, 0.6) is 0 Å². The van der Waals surface area contributed by atoms with Crippen molar-refractivity contribution in [3.8, 4) is 0 Å². The van der Waals surface area contributed by atoms with E-state index in [1.807, 2.05) is 25.1 Å². The number of anilines is 1. The Balaban J connectivity index is 1.75. The van der Waals surface area contributed by atoms with Gasteiger partial charge < -0.3 is 16.0 Å². The van der Waals surface area contributed by atoms with E-state index in [1.165, 1.54) is 6.08 Å². The number of carbonyl (C=O) groups is 2. The van der Waals surface area contributed by atoms with E-state index in [4.69, 9.17) is 0 Å². The van der Waals surface area contributed by atoms with Gasteiger partial charge >= 0.3 is 0 Å². The van der Waals surface area contributed by atoms with Crippen molar-refractivity contribution in [1.82, 2.24) is 20.6 Å². The predicted octanol–water partition coefficient (Wildman–Crippen LogP) is 2.42. The summed E-state index contributed by atoms with van der Waals surface area (Å²) in [4.78, 5) is 32.3. The Kier molecular flexibility index (Phi) is 8.65. The highest BCUT2D eigenvalue weighted by molar-refractivity contribution is 5.98. The van der Waals surface area contributed by atoms with Crippen molar-refractivity contribution in [2.45, 2.75) is 26.2 Å². The number of unbranched alkanes of at least 4 members (excludes halogenated alkanes) is 1. The number of carbonyl (C=O) groups excluding carboxylic acids is 2. The zero-order valence-corrected chi connectivity index (χ0v) is 16.4. The number of pyridine rings is 2. The number of aryl methyl sites for hydroxylation is 1. The van der Waals surface area contributed by atoms with Gasteiger partial charge in [0.1, 0.15) is 5.82 Å². The number of amides is 2. The molecule has 3 N–H and O–H groups in total. The average Bonchev–Trinajstić information content (AvgIpc) is 2.72. The molecule has 0 unspecified atom stereocenters. The molecule has 0 bridgehead atoms. The van der Waals surface area contributed by atoms with E-state index in [2.05, 4.69) is 25.9 Å². The zero-order valence-electron chi connectivity index (χ0n) is 16.4. The lowest BCUT2D eigenvalue weighted by atomic mass is 10.1. The SMILES string of the molecule is CCNc1nc(CCCCNC(=O)C=Cc2cccnc2)ccc1C(=O)NC. The third-order valence-electron chi connectivity index (χ3n) is 4.04. The van der Waals surface area contributed by atoms with Gasteiger partial charge in [0.2, 0.25) is 5.91 Å². The largest absolute Gasteiger partial charge is 0.370 e. The van der Waals surface area contributed by atoms with Gasteiger partial charge in [0, 0.05) is 44.3 Å². The lowest BCUT2D eigenvalue weighted by molar-refractivity contribution is -0.116. The van der Waals surface area contributed by atoms with Gasteiger partial charge in [0.25, 0.3) is 5.91 Å². The summed E-state index contributed by atoms with van der Waals surface area (Å²) in [7, 11) is 1.60. The number of aromatic nitrogens is 2. The predicted molar refractivity (Wildman–Crippen MR) is 111 cm³/mol. The van der Waals surface area contributed by atoms with Gasteiger partial charge in [-0.15, -0.1) is 0 Å². The molecule has 2 aromatic rings. The number of nitrogens with zero attached hydrogens (tertiary/aromatic N) is 2. The summed E-state index contributed by atoms with van der Waals surface area (Å²) < 4.78 is 0. The molecule has 0 aliphatic heterocycles. The normalized spacial score (nSPS) is 10.6. The molecule has 7 nitrogen and oxygen atoms in total. The second-order valence-corrected chi connectivity index (χ2v) is 6.18. The van der Waals surface area contributed by atoms with Gasteiger partial charge in [-0.3, -0.25) is 14.6 Å². The van der Waals surface area contributed by atoms with E-state index in [9.17, 15) is 9.59 Å². The quantitative estimate of drug-likeness (QED) is 0.434. The van der Waals surface area contributed by atoms with Crippen molar-refractivity contribution < 1.29 is 9.59 Å². The third-order valence-corrected chi connectivity index (χ3v) is 4.04. The van der Waals surface area contributed by atoms with Gasteiger partial charge in [0.15, 0.2) is 0 Å². The van der Waals surface area contributed by atoms with Gasteiger partial charge in [0.05, 0.1) is 5.56 Å². The molecule has 0 radical (unpaired) electrons. The molecule has 0 fully saturated rings. The first-order valence-corrected chi connectivity index (χ1v) is 9.46. The van der Waals surface area contributed by atoms with Crippen LogP contribution < -0.4 is 16.0 Å². The van der Waals surface area contributed by atoms with Crippen LogP contribution in [0.25, 0.3) is 6.08 Å². The van der Waals surface area contributed by atoms with E-state index in [0.29, 0.717) is 24.5 Å². The first-order chi connectivity index (χ1) is 13.6. The fraction of sp³-hybridized carbons (Fsp3) is 0.333. The summed E-state index contributed by atoms with van der Waals surface area (Å²) >= 11 is 0. The molecule has 7 heteroatoms. The average molecular weight is 381 g/mol. The summed E-state index contributed by atoms with van der Waals surface area (Å²) in [6.45, 7) is 3.26. The minimum Gasteiger partial charge on any atom is -0.370 e. The molecule has 2 heterocycles. The Bertz CT molecular complexity index is 806. The van der Waals surface area contributed by atoms with Crippen molar-refractivity contribution in [1.29, 1.82) is 0 Å². The molecule has 28 heavy (non-hydrogen) atoms. The highest BCUT2D eigenvalue weighted by atomic mass is 16.2. The molecular formula is C21H27N5O2. The topological polar surface area (TPSA) is 96.0 Å². The van der Waals surface area contributed by atoms with Crippen LogP contribution in [-0.4, -0.2) is 41.9 Å². The van der Waals surface area contributed by atoms with Gasteiger partial charge in [-0.2, -0.15) is 0 Å². The van der Waals surface area contributed by atoms with Crippen molar-refractivity contribution in [3.63, 3.8) is 0 Å². The molecule has 2 amide bonds. The molecule has 2 rings (SSSR count). The van der Waals surface area contributed by atoms with Crippen molar-refractivity contribution in [2.75, 3.05) is 25.5 Å². The number of hydrogen-bond acceptors (Lipinski definition) is 5. The fourth-order valence-corrected chi connectivity index (χ4v) is 2.61. The standard InChI is InChI=1S/C21H27N5O2/c1-3-24-20-18(21(28)22-2)11-10-17(26-20)8-4-5-14-25-19(27)12-9-16-7-6-13-23-15-16/h6-7,9-13,15H,3-5,8,14H2,1-2H3,(H,22,28)(H,24,26)(H,25,27). The second-order valence-electron chi connectivity index (χ2n) is 6.18. The fourth-order valence-electron chi connectivity index (χ4n) is 2.61. The highest BCUT2D eigenvalue weighted by Gasteiger charge is 2.11. The Morgan fingerprint density at radius 2 is 2.04 bits per heavy atom. The van der Waals surface area contributed by atoms with Gasteiger partial charge in [-0.1, -0.05) is 6.07 Å². The van der Waals surface area contributed by atoms with Crippen LogP contribution in [0.2, 0.25) is 0 Å². The maximum atomic E-state index is 11.9. The maximum Gasteiger partial charge on any atom is 0.254 e. The van der Waals surface area contributed by atoms with E-state index in [1.54, 1.807) is 31.6 Å². The Morgan fingerprint density at radius 1 is 1.18 bits per heavy atom. The van der Waals surface area contributed by atoms with Gasteiger partial charge in [-0.25, -0.2) is 4.98 Å². The van der Waals surface area contributed by atoms with E-state index >= 15 is 0 Å². The minimum atomic E-state index is -0.156. The van der Waals surface area contributed by atoms with Gasteiger partial charge in [-0.05, 0) is 56.0 Å². The smallest absolute Gasteiger partial charge is 0.254 e. The summed E-state index contributed by atoms with van der Waals surface area (Å²) in [5.74, 6) is 0.330. The molecule has 0 saturated carbocycles. The lowest BCUT2D eigenvalue weighted by Gasteiger charge is -2.11. The van der Waals surface area contributed by atoms with Crippen LogP contribution >= 0.6 is 0 Å². The number of nitrogens with one attached hydrogen (secondary N) is 3. The summed E-state index contributed by atoms with van der Waals surface area (Å²) in [6, 6.07) is 7.39. The van der Waals surface area contributed by atoms with E-state index in [-0.39, 0.29) is 11.8 Å². The first kappa shape index (κ1) is 21.1. The van der Waals surface area contributed by atoms with Crippen molar-refractivity contribution in [2.24, 2.45) is 0 Å². The van der Waals surface area contributed by atoms with Crippen LogP contribution in [-0.2, 0) is 11.2 Å². The Labute approximate surface area is 165 Å². The molecule has 0 aromatic carbocycles. The minimum absolute atomic E-state index is 0.119. The van der Waals surface area contributed by atoms with Crippen LogP contribution in [0.15, 0.2) is 42.7 Å². The summed E-state index contributed by atoms with van der Waals surface area (Å²) in [5, 5.41) is 8.63.